The number of halogens is 1. The lowest BCUT2D eigenvalue weighted by Gasteiger charge is -2.13. The summed E-state index contributed by atoms with van der Waals surface area (Å²) in [5, 5.41) is 6.73. The molecule has 0 saturated carbocycles. The summed E-state index contributed by atoms with van der Waals surface area (Å²) in [5.74, 6) is 0.637. The Balaban J connectivity index is 2.29. The summed E-state index contributed by atoms with van der Waals surface area (Å²) in [6.45, 7) is 6.14. The van der Waals surface area contributed by atoms with Gasteiger partial charge in [0, 0.05) is 6.92 Å². The Hall–Kier alpha value is -2.00. The van der Waals surface area contributed by atoms with E-state index in [1.165, 1.54) is 6.92 Å². The average molecular weight is 428 g/mol. The van der Waals surface area contributed by atoms with E-state index in [9.17, 15) is 9.59 Å². The standard InChI is InChI=1S/C16H18BrN3O4S/c1-4-23-12-7-10(6-11(17)14(12)24-5-2)8-13-15(22)18-16(25-13)20-19-9(3)21/h6-8H,4-5H2,1-3H3,(H,19,21)(H,18,20,22). The molecule has 0 bridgehead atoms. The number of hydrazone groups is 1. The van der Waals surface area contributed by atoms with Crippen molar-refractivity contribution in [3.05, 3.63) is 27.1 Å². The highest BCUT2D eigenvalue weighted by Crippen LogP contribution is 2.38. The maximum Gasteiger partial charge on any atom is 0.264 e. The molecule has 0 spiro atoms. The summed E-state index contributed by atoms with van der Waals surface area (Å²) in [5.41, 5.74) is 3.07. The molecule has 0 radical (unpaired) electrons. The SMILES string of the molecule is CCOc1cc(C=C2S/C(=N\NC(C)=O)NC2=O)cc(Br)c1OCC. The number of rotatable bonds is 6. The van der Waals surface area contributed by atoms with E-state index in [4.69, 9.17) is 9.47 Å². The first-order valence-electron chi connectivity index (χ1n) is 7.58. The Morgan fingerprint density at radius 1 is 1.36 bits per heavy atom. The van der Waals surface area contributed by atoms with Gasteiger partial charge in [-0.25, -0.2) is 5.43 Å². The first-order valence-corrected chi connectivity index (χ1v) is 9.19. The van der Waals surface area contributed by atoms with Gasteiger partial charge in [0.2, 0.25) is 5.91 Å². The lowest BCUT2D eigenvalue weighted by molar-refractivity contribution is -0.119. The fourth-order valence-corrected chi connectivity index (χ4v) is 3.34. The largest absolute Gasteiger partial charge is 0.490 e. The van der Waals surface area contributed by atoms with Crippen LogP contribution in [-0.4, -0.2) is 30.2 Å². The Kier molecular flexibility index (Phi) is 6.89. The Bertz CT molecular complexity index is 749. The molecule has 0 aromatic heterocycles. The molecule has 0 unspecified atom stereocenters. The minimum atomic E-state index is -0.309. The summed E-state index contributed by atoms with van der Waals surface area (Å²) in [4.78, 5) is 23.4. The molecule has 2 N–H and O–H groups in total. The lowest BCUT2D eigenvalue weighted by Crippen LogP contribution is -2.23. The molecule has 2 amide bonds. The van der Waals surface area contributed by atoms with Crippen LogP contribution in [0.25, 0.3) is 6.08 Å². The summed E-state index contributed by atoms with van der Waals surface area (Å²) in [6.07, 6.45) is 1.72. The molecule has 2 rings (SSSR count). The van der Waals surface area contributed by atoms with Gasteiger partial charge in [-0.05, 0) is 65.3 Å². The Morgan fingerprint density at radius 2 is 2.08 bits per heavy atom. The lowest BCUT2D eigenvalue weighted by atomic mass is 10.2. The molecular weight excluding hydrogens is 410 g/mol. The highest BCUT2D eigenvalue weighted by molar-refractivity contribution is 9.10. The summed E-state index contributed by atoms with van der Waals surface area (Å²) in [6, 6.07) is 3.65. The number of carbonyl (C=O) groups excluding carboxylic acids is 2. The third-order valence-corrected chi connectivity index (χ3v) is 4.38. The van der Waals surface area contributed by atoms with Crippen LogP contribution in [0.3, 0.4) is 0 Å². The van der Waals surface area contributed by atoms with Gasteiger partial charge in [0.05, 0.1) is 22.6 Å². The van der Waals surface area contributed by atoms with Crippen LogP contribution in [0.4, 0.5) is 0 Å². The Morgan fingerprint density at radius 3 is 2.72 bits per heavy atom. The quantitative estimate of drug-likeness (QED) is 0.538. The van der Waals surface area contributed by atoms with E-state index in [-0.39, 0.29) is 11.8 Å². The van der Waals surface area contributed by atoms with Gasteiger partial charge in [-0.3, -0.25) is 14.9 Å². The molecule has 9 heteroatoms. The first kappa shape index (κ1) is 19.3. The molecule has 1 heterocycles. The van der Waals surface area contributed by atoms with Crippen LogP contribution in [-0.2, 0) is 9.59 Å². The molecule has 1 aliphatic rings. The third kappa shape index (κ3) is 5.23. The zero-order valence-electron chi connectivity index (χ0n) is 14.0. The van der Waals surface area contributed by atoms with E-state index in [2.05, 4.69) is 31.8 Å². The fourth-order valence-electron chi connectivity index (χ4n) is 1.98. The predicted molar refractivity (Wildman–Crippen MR) is 101 cm³/mol. The van der Waals surface area contributed by atoms with Crippen molar-refractivity contribution < 1.29 is 19.1 Å². The van der Waals surface area contributed by atoms with Crippen molar-refractivity contribution in [2.45, 2.75) is 20.8 Å². The van der Waals surface area contributed by atoms with Gasteiger partial charge in [0.15, 0.2) is 16.7 Å². The van der Waals surface area contributed by atoms with Crippen molar-refractivity contribution in [1.29, 1.82) is 0 Å². The maximum absolute atomic E-state index is 12.0. The van der Waals surface area contributed by atoms with Crippen LogP contribution in [0.5, 0.6) is 11.5 Å². The molecule has 1 saturated heterocycles. The van der Waals surface area contributed by atoms with E-state index >= 15 is 0 Å². The van der Waals surface area contributed by atoms with Crippen molar-refractivity contribution in [2.75, 3.05) is 13.2 Å². The number of nitrogens with zero attached hydrogens (tertiary/aromatic N) is 1. The molecule has 1 aliphatic heterocycles. The van der Waals surface area contributed by atoms with Crippen molar-refractivity contribution in [2.24, 2.45) is 5.10 Å². The van der Waals surface area contributed by atoms with Crippen LogP contribution in [0.2, 0.25) is 0 Å². The van der Waals surface area contributed by atoms with Gasteiger partial charge in [-0.1, -0.05) is 0 Å². The van der Waals surface area contributed by atoms with E-state index in [0.29, 0.717) is 34.8 Å². The smallest absolute Gasteiger partial charge is 0.264 e. The molecule has 134 valence electrons. The molecule has 1 fully saturated rings. The van der Waals surface area contributed by atoms with Gasteiger partial charge in [-0.15, -0.1) is 5.10 Å². The number of benzene rings is 1. The van der Waals surface area contributed by atoms with Crippen LogP contribution in [0.15, 0.2) is 26.6 Å². The monoisotopic (exact) mass is 427 g/mol. The maximum atomic E-state index is 12.0. The number of amidine groups is 1. The highest BCUT2D eigenvalue weighted by Gasteiger charge is 2.24. The minimum Gasteiger partial charge on any atom is -0.490 e. The number of hydrogen-bond acceptors (Lipinski definition) is 6. The molecule has 25 heavy (non-hydrogen) atoms. The number of carbonyl (C=O) groups is 2. The molecule has 0 aliphatic carbocycles. The number of ether oxygens (including phenoxy) is 2. The van der Waals surface area contributed by atoms with Gasteiger partial charge in [0.25, 0.3) is 5.91 Å². The van der Waals surface area contributed by atoms with E-state index in [1.54, 1.807) is 6.08 Å². The van der Waals surface area contributed by atoms with Crippen molar-refractivity contribution in [1.82, 2.24) is 10.7 Å². The highest BCUT2D eigenvalue weighted by atomic mass is 79.9. The fraction of sp³-hybridized carbons (Fsp3) is 0.312. The zero-order chi connectivity index (χ0) is 18.4. The molecule has 1 aromatic carbocycles. The number of thioether (sulfide) groups is 1. The van der Waals surface area contributed by atoms with Crippen molar-refractivity contribution >= 4 is 50.7 Å². The van der Waals surface area contributed by atoms with Crippen LogP contribution in [0.1, 0.15) is 26.3 Å². The normalized spacial score (nSPS) is 16.9. The predicted octanol–water partition coefficient (Wildman–Crippen LogP) is 2.86. The van der Waals surface area contributed by atoms with E-state index in [0.717, 1.165) is 21.8 Å². The van der Waals surface area contributed by atoms with Gasteiger partial charge in [0.1, 0.15) is 0 Å². The number of hydrogen-bond donors (Lipinski definition) is 2. The summed E-state index contributed by atoms with van der Waals surface area (Å²) >= 11 is 4.62. The summed E-state index contributed by atoms with van der Waals surface area (Å²) < 4.78 is 12.0. The third-order valence-electron chi connectivity index (χ3n) is 2.88. The van der Waals surface area contributed by atoms with Gasteiger partial charge >= 0.3 is 0 Å². The molecule has 1 aromatic rings. The van der Waals surface area contributed by atoms with Crippen molar-refractivity contribution in [3.63, 3.8) is 0 Å². The van der Waals surface area contributed by atoms with E-state index < -0.39 is 0 Å². The molecule has 7 nitrogen and oxygen atoms in total. The van der Waals surface area contributed by atoms with Gasteiger partial charge in [-0.2, -0.15) is 0 Å². The summed E-state index contributed by atoms with van der Waals surface area (Å²) in [7, 11) is 0. The Labute approximate surface area is 158 Å². The second-order valence-corrected chi connectivity index (χ2v) is 6.73. The molecular formula is C16H18BrN3O4S. The van der Waals surface area contributed by atoms with Crippen LogP contribution >= 0.6 is 27.7 Å². The second-order valence-electron chi connectivity index (χ2n) is 4.85. The molecule has 0 atom stereocenters. The van der Waals surface area contributed by atoms with Crippen molar-refractivity contribution in [3.8, 4) is 11.5 Å². The first-order chi connectivity index (χ1) is 11.9. The number of nitrogens with one attached hydrogen (secondary N) is 2. The van der Waals surface area contributed by atoms with Crippen LogP contribution < -0.4 is 20.2 Å². The topological polar surface area (TPSA) is 89.0 Å². The minimum absolute atomic E-state index is 0.280. The second kappa shape index (κ2) is 8.91. The number of amides is 2. The zero-order valence-corrected chi connectivity index (χ0v) is 16.4. The van der Waals surface area contributed by atoms with E-state index in [1.807, 2.05) is 26.0 Å². The van der Waals surface area contributed by atoms with Gasteiger partial charge < -0.3 is 9.47 Å². The average Bonchev–Trinajstić information content (AvgIpc) is 2.89. The van der Waals surface area contributed by atoms with Crippen LogP contribution in [0, 0.1) is 0 Å².